The van der Waals surface area contributed by atoms with Crippen molar-refractivity contribution in [2.75, 3.05) is 13.2 Å². The van der Waals surface area contributed by atoms with Crippen molar-refractivity contribution in [1.29, 1.82) is 0 Å². The first-order valence-corrected chi connectivity index (χ1v) is 30.6. The molecule has 0 spiro atoms. The number of hydrogen-bond acceptors (Lipinski definition) is 6. The first kappa shape index (κ1) is 71.8. The molecule has 1 atom stereocenters. The van der Waals surface area contributed by atoms with E-state index >= 15 is 0 Å². The Labute approximate surface area is 472 Å². The first-order chi connectivity index (χ1) is 38.0. The quantitative estimate of drug-likeness (QED) is 0.0261. The number of esters is 3. The normalized spacial score (nSPS) is 13.3. The average Bonchev–Trinajstić information content (AvgIpc) is 3.43. The van der Waals surface area contributed by atoms with E-state index in [2.05, 4.69) is 179 Å². The van der Waals surface area contributed by atoms with Gasteiger partial charge in [0.2, 0.25) is 0 Å². The molecule has 0 amide bonds. The van der Waals surface area contributed by atoms with Gasteiger partial charge < -0.3 is 14.2 Å². The Balaban J connectivity index is 4.44. The summed E-state index contributed by atoms with van der Waals surface area (Å²) in [6, 6.07) is 0. The van der Waals surface area contributed by atoms with E-state index in [-0.39, 0.29) is 44.0 Å². The van der Waals surface area contributed by atoms with Crippen molar-refractivity contribution in [2.45, 2.75) is 245 Å². The molecule has 0 aromatic heterocycles. The van der Waals surface area contributed by atoms with Gasteiger partial charge in [-0.05, 0) is 135 Å². The number of unbranched alkanes of at least 4 members (excludes halogenated alkanes) is 14. The van der Waals surface area contributed by atoms with Crippen LogP contribution >= 0.6 is 0 Å². The molecule has 0 radical (unpaired) electrons. The molecule has 0 heterocycles. The van der Waals surface area contributed by atoms with Gasteiger partial charge in [0, 0.05) is 19.3 Å². The maximum Gasteiger partial charge on any atom is 0.306 e. The summed E-state index contributed by atoms with van der Waals surface area (Å²) >= 11 is 0. The SMILES string of the molecule is CC/C=C\C/C=C\C/C=C\C/C=C\C/C=C\C/C=C\CCCCCCCCCCC(=O)OCC(COC(=O)CC/C=C\C/C=C\C/C=C\C/C=C\CC)OC(=O)CCCCCCCC/C=C\C/C=C\C/C=C\C/C=C\CC. The molecule has 0 aliphatic carbocycles. The highest BCUT2D eigenvalue weighted by Gasteiger charge is 2.19. The summed E-state index contributed by atoms with van der Waals surface area (Å²) in [4.78, 5) is 38.2. The van der Waals surface area contributed by atoms with Crippen molar-refractivity contribution in [2.24, 2.45) is 0 Å². The van der Waals surface area contributed by atoms with Gasteiger partial charge in [0.1, 0.15) is 13.2 Å². The largest absolute Gasteiger partial charge is 0.462 e. The third-order valence-electron chi connectivity index (χ3n) is 12.2. The molecule has 0 aromatic rings. The summed E-state index contributed by atoms with van der Waals surface area (Å²) in [5.41, 5.74) is 0. The van der Waals surface area contributed by atoms with Gasteiger partial charge in [0.05, 0.1) is 0 Å². The highest BCUT2D eigenvalue weighted by Crippen LogP contribution is 2.14. The van der Waals surface area contributed by atoms with Gasteiger partial charge in [-0.3, -0.25) is 14.4 Å². The molecule has 0 aromatic carbocycles. The summed E-state index contributed by atoms with van der Waals surface area (Å²) in [6.07, 6.45) is 93.7. The van der Waals surface area contributed by atoms with Gasteiger partial charge in [-0.1, -0.05) is 255 Å². The maximum absolute atomic E-state index is 12.9. The van der Waals surface area contributed by atoms with Crippen LogP contribution in [0.3, 0.4) is 0 Å². The van der Waals surface area contributed by atoms with E-state index in [1.54, 1.807) is 0 Å². The van der Waals surface area contributed by atoms with Gasteiger partial charge in [-0.2, -0.15) is 0 Å². The minimum atomic E-state index is -0.828. The molecule has 0 rings (SSSR count). The zero-order valence-electron chi connectivity index (χ0n) is 49.1. The highest BCUT2D eigenvalue weighted by molar-refractivity contribution is 5.71. The number of carbonyl (C=O) groups excluding carboxylic acids is 3. The van der Waals surface area contributed by atoms with E-state index in [9.17, 15) is 14.4 Å². The average molecular weight is 1060 g/mol. The van der Waals surface area contributed by atoms with Crippen molar-refractivity contribution in [1.82, 2.24) is 0 Å². The third kappa shape index (κ3) is 61.5. The van der Waals surface area contributed by atoms with Crippen LogP contribution in [-0.4, -0.2) is 37.2 Å². The summed E-state index contributed by atoms with van der Waals surface area (Å²) < 4.78 is 16.8. The molecule has 0 aliphatic rings. The predicted octanol–water partition coefficient (Wildman–Crippen LogP) is 21.1. The lowest BCUT2D eigenvalue weighted by molar-refractivity contribution is -0.166. The molecule has 1 unspecified atom stereocenters. The van der Waals surface area contributed by atoms with Crippen LogP contribution in [0.25, 0.3) is 0 Å². The molecule has 6 nitrogen and oxygen atoms in total. The molecule has 0 fully saturated rings. The van der Waals surface area contributed by atoms with E-state index in [1.807, 2.05) is 12.2 Å². The summed E-state index contributed by atoms with van der Waals surface area (Å²) in [6.45, 7) is 6.20. The van der Waals surface area contributed by atoms with Crippen LogP contribution in [0.2, 0.25) is 0 Å². The van der Waals surface area contributed by atoms with Gasteiger partial charge >= 0.3 is 17.9 Å². The molecular weight excluding hydrogens is 949 g/mol. The molecule has 0 saturated heterocycles. The molecule has 0 N–H and O–H groups in total. The fourth-order valence-electron chi connectivity index (χ4n) is 7.74. The van der Waals surface area contributed by atoms with Crippen LogP contribution in [0.15, 0.2) is 170 Å². The predicted molar refractivity (Wildman–Crippen MR) is 334 cm³/mol. The van der Waals surface area contributed by atoms with Gasteiger partial charge in [-0.15, -0.1) is 0 Å². The topological polar surface area (TPSA) is 78.9 Å². The second-order valence-corrected chi connectivity index (χ2v) is 19.5. The molecule has 77 heavy (non-hydrogen) atoms. The van der Waals surface area contributed by atoms with Crippen LogP contribution in [0, 0.1) is 0 Å². The lowest BCUT2D eigenvalue weighted by Crippen LogP contribution is -2.30. The molecule has 6 heteroatoms. The summed E-state index contributed by atoms with van der Waals surface area (Å²) in [5.74, 6) is -1.03. The van der Waals surface area contributed by atoms with E-state index in [0.29, 0.717) is 12.8 Å². The van der Waals surface area contributed by atoms with Gasteiger partial charge in [-0.25, -0.2) is 0 Å². The second-order valence-electron chi connectivity index (χ2n) is 19.5. The number of carbonyl (C=O) groups is 3. The molecule has 0 bridgehead atoms. The van der Waals surface area contributed by atoms with E-state index < -0.39 is 6.10 Å². The standard InChI is InChI=1S/C71H110O6/c1-4-7-10-13-16-19-22-25-27-29-31-32-33-34-35-36-37-38-40-41-43-46-49-52-55-58-61-64-70(73)76-67-68(66-75-69(72)63-60-57-54-51-48-45-24-21-18-15-12-9-6-3)77-71(74)65-62-59-56-53-50-47-44-42-39-30-28-26-23-20-17-14-11-8-5-2/h7-12,16-21,25-28,31-32,34-35,37-39,42,45,48,54,57,68H,4-6,13-15,22-24,29-30,33,36,40-41,43-44,46-47,49-53,55-56,58-67H2,1-3H3/b10-7-,11-8-,12-9-,19-16-,20-17-,21-18-,27-25-,28-26-,32-31-,35-34-,38-37-,42-39-,48-45-,57-54-. The minimum Gasteiger partial charge on any atom is -0.462 e. The van der Waals surface area contributed by atoms with E-state index in [1.165, 1.54) is 44.9 Å². The van der Waals surface area contributed by atoms with E-state index in [4.69, 9.17) is 14.2 Å². The van der Waals surface area contributed by atoms with Crippen molar-refractivity contribution < 1.29 is 28.6 Å². The Morgan fingerprint density at radius 3 is 0.805 bits per heavy atom. The van der Waals surface area contributed by atoms with Crippen molar-refractivity contribution in [3.63, 3.8) is 0 Å². The van der Waals surface area contributed by atoms with Crippen LogP contribution in [-0.2, 0) is 28.6 Å². The highest BCUT2D eigenvalue weighted by atomic mass is 16.6. The number of allylic oxidation sites excluding steroid dienone is 28. The summed E-state index contributed by atoms with van der Waals surface area (Å²) in [7, 11) is 0. The third-order valence-corrected chi connectivity index (χ3v) is 12.2. The van der Waals surface area contributed by atoms with Crippen LogP contribution in [0.4, 0.5) is 0 Å². The van der Waals surface area contributed by atoms with Crippen LogP contribution < -0.4 is 0 Å². The Kier molecular flexibility index (Phi) is 59.0. The zero-order valence-corrected chi connectivity index (χ0v) is 49.1. The zero-order chi connectivity index (χ0) is 55.7. The monoisotopic (exact) mass is 1060 g/mol. The second kappa shape index (κ2) is 63.3. The van der Waals surface area contributed by atoms with Gasteiger partial charge in [0.25, 0.3) is 0 Å². The fraction of sp³-hybridized carbons (Fsp3) is 0.563. The Hall–Kier alpha value is -5.23. The Morgan fingerprint density at radius 2 is 0.494 bits per heavy atom. The minimum absolute atomic E-state index is 0.118. The van der Waals surface area contributed by atoms with Crippen LogP contribution in [0.1, 0.15) is 239 Å². The molecule has 0 saturated carbocycles. The Bertz CT molecular complexity index is 1790. The summed E-state index contributed by atoms with van der Waals surface area (Å²) in [5, 5.41) is 0. The lowest BCUT2D eigenvalue weighted by Gasteiger charge is -2.18. The molecular formula is C71H110O6. The van der Waals surface area contributed by atoms with Crippen LogP contribution in [0.5, 0.6) is 0 Å². The number of rotatable bonds is 53. The Morgan fingerprint density at radius 1 is 0.260 bits per heavy atom. The smallest absolute Gasteiger partial charge is 0.306 e. The maximum atomic E-state index is 12.9. The molecule has 0 aliphatic heterocycles. The number of ether oxygens (including phenoxy) is 3. The van der Waals surface area contributed by atoms with Gasteiger partial charge in [0.15, 0.2) is 6.10 Å². The fourth-order valence-corrected chi connectivity index (χ4v) is 7.74. The van der Waals surface area contributed by atoms with Crippen molar-refractivity contribution in [3.05, 3.63) is 170 Å². The lowest BCUT2D eigenvalue weighted by atomic mass is 10.1. The van der Waals surface area contributed by atoms with Crippen molar-refractivity contribution in [3.8, 4) is 0 Å². The van der Waals surface area contributed by atoms with Crippen molar-refractivity contribution >= 4 is 17.9 Å². The number of hydrogen-bond donors (Lipinski definition) is 0. The van der Waals surface area contributed by atoms with E-state index in [0.717, 1.165) is 148 Å². The first-order valence-electron chi connectivity index (χ1n) is 30.6. The molecule has 430 valence electrons.